The molecule has 4 aromatic carbocycles. The van der Waals surface area contributed by atoms with Crippen LogP contribution in [-0.4, -0.2) is 19.9 Å². The zero-order valence-corrected chi connectivity index (χ0v) is 43.5. The molecule has 0 aliphatic carbocycles. The van der Waals surface area contributed by atoms with E-state index in [1.165, 1.54) is 22.3 Å². The minimum Gasteiger partial charge on any atom is -0.354 e. The molecule has 0 saturated heterocycles. The summed E-state index contributed by atoms with van der Waals surface area (Å²) in [5, 5.41) is 0. The van der Waals surface area contributed by atoms with Gasteiger partial charge in [0.25, 0.3) is 0 Å². The number of hydrogen-bond donors (Lipinski definition) is 2. The first kappa shape index (κ1) is 45.6. The molecule has 2 aliphatic rings. The molecule has 0 radical (unpaired) electrons. The van der Waals surface area contributed by atoms with E-state index in [4.69, 9.17) is 9.97 Å². The first-order valence-corrected chi connectivity index (χ1v) is 24.6. The van der Waals surface area contributed by atoms with Crippen LogP contribution in [0.4, 0.5) is 0 Å². The molecule has 4 nitrogen and oxygen atoms in total. The molecule has 7 aromatic rings. The summed E-state index contributed by atoms with van der Waals surface area (Å²) in [6.45, 7) is 27.6. The highest BCUT2D eigenvalue weighted by Gasteiger charge is 2.26. The number of H-pyrrole nitrogens is 2. The van der Waals surface area contributed by atoms with Crippen LogP contribution in [-0.2, 0) is 21.7 Å². The van der Waals surface area contributed by atoms with E-state index in [9.17, 15) is 0 Å². The maximum Gasteiger partial charge on any atom is 0.0738 e. The Kier molecular flexibility index (Phi) is 11.5. The van der Waals surface area contributed by atoms with E-state index in [-0.39, 0.29) is 21.7 Å². The van der Waals surface area contributed by atoms with Crippen molar-refractivity contribution in [1.82, 2.24) is 19.9 Å². The minimum atomic E-state index is -0.0793. The molecule has 2 N–H and O–H groups in total. The maximum absolute atomic E-state index is 5.61. The van der Waals surface area contributed by atoms with Crippen LogP contribution >= 0.6 is 31.9 Å². The smallest absolute Gasteiger partial charge is 0.0738 e. The molecule has 2 aliphatic heterocycles. The quantitative estimate of drug-likeness (QED) is 0.185. The van der Waals surface area contributed by atoms with Crippen molar-refractivity contribution < 1.29 is 0 Å². The largest absolute Gasteiger partial charge is 0.354 e. The number of aromatic amines is 2. The highest BCUT2D eigenvalue weighted by molar-refractivity contribution is 9.10. The lowest BCUT2D eigenvalue weighted by atomic mass is 9.78. The van der Waals surface area contributed by atoms with Crippen LogP contribution in [0, 0.1) is 0 Å². The number of rotatable bonds is 4. The normalized spacial score (nSPS) is 13.2. The highest BCUT2D eigenvalue weighted by Crippen LogP contribution is 2.42. The molecule has 0 atom stereocenters. The topological polar surface area (TPSA) is 57.4 Å². The minimum absolute atomic E-state index is 0.0672. The van der Waals surface area contributed by atoms with Gasteiger partial charge in [-0.25, -0.2) is 9.97 Å². The lowest BCUT2D eigenvalue weighted by Crippen LogP contribution is -2.16. The van der Waals surface area contributed by atoms with Gasteiger partial charge in [0.1, 0.15) is 0 Å². The molecule has 66 heavy (non-hydrogen) atoms. The Balaban J connectivity index is 1.49. The fourth-order valence-corrected chi connectivity index (χ4v) is 9.46. The molecule has 6 heteroatoms. The molecule has 0 fully saturated rings. The fourth-order valence-electron chi connectivity index (χ4n) is 8.93. The van der Waals surface area contributed by atoms with Gasteiger partial charge in [0.15, 0.2) is 0 Å². The van der Waals surface area contributed by atoms with E-state index in [0.29, 0.717) is 0 Å². The molecule has 0 spiro atoms. The first-order chi connectivity index (χ1) is 31.0. The summed E-state index contributed by atoms with van der Waals surface area (Å²) in [5.74, 6) is 0. The summed E-state index contributed by atoms with van der Waals surface area (Å²) in [7, 11) is 0. The van der Waals surface area contributed by atoms with E-state index in [1.807, 2.05) is 0 Å². The Labute approximate surface area is 408 Å². The third-order valence-electron chi connectivity index (χ3n) is 12.9. The number of benzene rings is 4. The Hall–Kier alpha value is -5.56. The summed E-state index contributed by atoms with van der Waals surface area (Å²) < 4.78 is 2.05. The second-order valence-corrected chi connectivity index (χ2v) is 23.9. The molecular weight excluding hydrogens is 936 g/mol. The van der Waals surface area contributed by atoms with Gasteiger partial charge >= 0.3 is 0 Å². The summed E-state index contributed by atoms with van der Waals surface area (Å²) in [4.78, 5) is 19.2. The SMILES string of the molecule is CC(C)(C)c1cc(-c2c3nc(c(-c4ccc(Br)cc4)c4ccc([nH]4)c(-c4cc(C(C)(C)C)cc(C(C)(C)C)c4)c4ccc([nH]4)c(-c4ccc(Br)cc4)c4nc2C=C4)C=C3)cc(C(C)(C)C)c1. The van der Waals surface area contributed by atoms with Crippen LogP contribution in [0.5, 0.6) is 0 Å². The molecule has 3 aromatic heterocycles. The predicted octanol–water partition coefficient (Wildman–Crippen LogP) is 18.0. The van der Waals surface area contributed by atoms with Crippen molar-refractivity contribution in [2.45, 2.75) is 105 Å². The summed E-state index contributed by atoms with van der Waals surface area (Å²) >= 11 is 7.41. The molecule has 9 rings (SSSR count). The number of halogens is 2. The molecule has 5 heterocycles. The monoisotopic (exact) mass is 994 g/mol. The van der Waals surface area contributed by atoms with Crippen molar-refractivity contribution >= 4 is 78.2 Å². The summed E-state index contributed by atoms with van der Waals surface area (Å²) in [6, 6.07) is 40.3. The number of fused-ring (bicyclic) bond motifs is 8. The van der Waals surface area contributed by atoms with Crippen LogP contribution in [0.25, 0.3) is 90.9 Å². The van der Waals surface area contributed by atoms with Gasteiger partial charge in [0.2, 0.25) is 0 Å². The third-order valence-corrected chi connectivity index (χ3v) is 14.0. The van der Waals surface area contributed by atoms with Crippen molar-refractivity contribution in [2.75, 3.05) is 0 Å². The molecule has 334 valence electrons. The van der Waals surface area contributed by atoms with E-state index < -0.39 is 0 Å². The predicted molar refractivity (Wildman–Crippen MR) is 291 cm³/mol. The fraction of sp³-hybridized carbons (Fsp3) is 0.267. The van der Waals surface area contributed by atoms with Crippen molar-refractivity contribution in [3.63, 3.8) is 0 Å². The van der Waals surface area contributed by atoms with Gasteiger partial charge in [-0.15, -0.1) is 0 Å². The Morgan fingerprint density at radius 3 is 0.894 bits per heavy atom. The van der Waals surface area contributed by atoms with Crippen LogP contribution in [0.2, 0.25) is 0 Å². The van der Waals surface area contributed by atoms with Crippen molar-refractivity contribution in [3.8, 4) is 44.5 Å². The van der Waals surface area contributed by atoms with E-state index in [1.54, 1.807) is 0 Å². The van der Waals surface area contributed by atoms with Gasteiger partial charge in [0.05, 0.1) is 22.8 Å². The van der Waals surface area contributed by atoms with E-state index in [0.717, 1.165) is 98.3 Å². The van der Waals surface area contributed by atoms with Gasteiger partial charge in [-0.2, -0.15) is 0 Å². The van der Waals surface area contributed by atoms with Crippen molar-refractivity contribution in [1.29, 1.82) is 0 Å². The average Bonchev–Trinajstić information content (AvgIpc) is 4.09. The molecule has 0 unspecified atom stereocenters. The van der Waals surface area contributed by atoms with Crippen LogP contribution in [0.3, 0.4) is 0 Å². The Morgan fingerprint density at radius 1 is 0.318 bits per heavy atom. The zero-order valence-electron chi connectivity index (χ0n) is 40.4. The first-order valence-electron chi connectivity index (χ1n) is 23.0. The average molecular weight is 997 g/mol. The summed E-state index contributed by atoms with van der Waals surface area (Å²) in [6.07, 6.45) is 8.72. The maximum atomic E-state index is 5.61. The molecule has 0 amide bonds. The summed E-state index contributed by atoms with van der Waals surface area (Å²) in [5.41, 5.74) is 20.9. The number of nitrogens with zero attached hydrogens (tertiary/aromatic N) is 2. The van der Waals surface area contributed by atoms with Gasteiger partial charge in [-0.3, -0.25) is 0 Å². The molecule has 0 saturated carbocycles. The lowest BCUT2D eigenvalue weighted by Gasteiger charge is -2.26. The zero-order chi connectivity index (χ0) is 47.1. The Bertz CT molecular complexity index is 3070. The van der Waals surface area contributed by atoms with Gasteiger partial charge in [0, 0.05) is 53.3 Å². The van der Waals surface area contributed by atoms with Gasteiger partial charge < -0.3 is 9.97 Å². The van der Waals surface area contributed by atoms with Crippen LogP contribution in [0.1, 0.15) is 128 Å². The molecule has 8 bridgehead atoms. The van der Waals surface area contributed by atoms with E-state index in [2.05, 4.69) is 258 Å². The van der Waals surface area contributed by atoms with Gasteiger partial charge in [-0.1, -0.05) is 176 Å². The highest BCUT2D eigenvalue weighted by atomic mass is 79.9. The van der Waals surface area contributed by atoms with E-state index >= 15 is 0 Å². The standard InChI is InChI=1S/C60H60Br2N4/c1-57(2,3)39-29-37(30-40(33-39)58(4,5)6)55-49-25-21-45(63-49)53(35-13-17-43(61)18-14-35)47-23-27-51(65-47)56(38-31-41(59(7,8)9)34-42(32-38)60(10,11)12)52-28-24-48(66-52)54(46-22-26-50(55)64-46)36-15-19-44(62)20-16-36/h13-34,63-64H,1-12H3. The lowest BCUT2D eigenvalue weighted by molar-refractivity contribution is 0.568. The number of nitrogens with one attached hydrogen (secondary N) is 2. The Morgan fingerprint density at radius 2 is 0.591 bits per heavy atom. The third kappa shape index (κ3) is 8.99. The van der Waals surface area contributed by atoms with Crippen LogP contribution in [0.15, 0.2) is 118 Å². The number of hydrogen-bond acceptors (Lipinski definition) is 2. The second kappa shape index (κ2) is 16.6. The second-order valence-electron chi connectivity index (χ2n) is 22.1. The van der Waals surface area contributed by atoms with Crippen molar-refractivity contribution in [3.05, 3.63) is 163 Å². The number of aromatic nitrogens is 4. The van der Waals surface area contributed by atoms with Gasteiger partial charge in [-0.05, 0) is 139 Å². The molecular formula is C60H60Br2N4. The van der Waals surface area contributed by atoms with Crippen LogP contribution < -0.4 is 0 Å². The van der Waals surface area contributed by atoms with Crippen molar-refractivity contribution in [2.24, 2.45) is 0 Å².